The first-order chi connectivity index (χ1) is 17.7. The summed E-state index contributed by atoms with van der Waals surface area (Å²) in [6.07, 6.45) is 1.68. The van der Waals surface area contributed by atoms with Crippen molar-refractivity contribution in [3.05, 3.63) is 95.6 Å². The Labute approximate surface area is 210 Å². The van der Waals surface area contributed by atoms with Crippen LogP contribution in [0.2, 0.25) is 0 Å². The molecule has 0 aliphatic heterocycles. The largest absolute Gasteiger partial charge is 0.457 e. The summed E-state index contributed by atoms with van der Waals surface area (Å²) < 4.78 is 6.12. The molecule has 3 aromatic heterocycles. The predicted octanol–water partition coefficient (Wildman–Crippen LogP) is 7.02. The number of nitrogens with zero attached hydrogens (tertiary/aromatic N) is 5. The Morgan fingerprint density at radius 3 is 2.53 bits per heavy atom. The van der Waals surface area contributed by atoms with E-state index in [1.807, 2.05) is 73.0 Å². The Morgan fingerprint density at radius 1 is 0.917 bits per heavy atom. The number of benzene rings is 3. The van der Waals surface area contributed by atoms with Crippen LogP contribution in [0.4, 0.5) is 11.5 Å². The van der Waals surface area contributed by atoms with Gasteiger partial charge in [0.2, 0.25) is 0 Å². The van der Waals surface area contributed by atoms with Gasteiger partial charge in [-0.3, -0.25) is 4.98 Å². The van der Waals surface area contributed by atoms with E-state index < -0.39 is 0 Å². The molecular formula is C28H18N6OS. The molecular weight excluding hydrogens is 468 g/mol. The Balaban J connectivity index is 1.27. The first-order valence-corrected chi connectivity index (χ1v) is 12.1. The lowest BCUT2D eigenvalue weighted by Gasteiger charge is -2.12. The number of thiazole rings is 1. The number of aromatic nitrogens is 4. The number of nitrogens with one attached hydrogen (secondary N) is 1. The van der Waals surface area contributed by atoms with Crippen LogP contribution in [0.25, 0.3) is 32.4 Å². The summed E-state index contributed by atoms with van der Waals surface area (Å²) in [5.41, 5.74) is 3.89. The Kier molecular flexibility index (Phi) is 5.45. The molecule has 3 aromatic carbocycles. The molecule has 0 spiro atoms. The lowest BCUT2D eigenvalue weighted by molar-refractivity contribution is 0.488. The van der Waals surface area contributed by atoms with Crippen molar-refractivity contribution in [3.63, 3.8) is 0 Å². The van der Waals surface area contributed by atoms with Crippen molar-refractivity contribution < 1.29 is 4.74 Å². The highest BCUT2D eigenvalue weighted by Crippen LogP contribution is 2.34. The average molecular weight is 487 g/mol. The maximum atomic E-state index is 9.13. The third-order valence-corrected chi connectivity index (χ3v) is 6.65. The minimum atomic E-state index is 0.563. The molecule has 0 aliphatic carbocycles. The number of nitriles is 1. The van der Waals surface area contributed by atoms with Crippen LogP contribution in [0.3, 0.4) is 0 Å². The van der Waals surface area contributed by atoms with Gasteiger partial charge in [-0.25, -0.2) is 4.98 Å². The summed E-state index contributed by atoms with van der Waals surface area (Å²) >= 11 is 1.57. The van der Waals surface area contributed by atoms with E-state index in [1.54, 1.807) is 29.7 Å². The Hall–Kier alpha value is -4.87. The zero-order valence-corrected chi connectivity index (χ0v) is 20.0. The highest BCUT2D eigenvalue weighted by molar-refractivity contribution is 7.13. The minimum absolute atomic E-state index is 0.563. The summed E-state index contributed by atoms with van der Waals surface area (Å²) in [5, 5.41) is 27.1. The van der Waals surface area contributed by atoms with Gasteiger partial charge < -0.3 is 10.1 Å². The van der Waals surface area contributed by atoms with Crippen molar-refractivity contribution >= 4 is 44.5 Å². The van der Waals surface area contributed by atoms with Crippen LogP contribution in [-0.4, -0.2) is 20.2 Å². The molecule has 0 radical (unpaired) electrons. The molecule has 0 aliphatic rings. The van der Waals surface area contributed by atoms with Gasteiger partial charge in [-0.2, -0.15) is 5.26 Å². The first kappa shape index (κ1) is 21.6. The van der Waals surface area contributed by atoms with Crippen LogP contribution in [0.1, 0.15) is 11.3 Å². The van der Waals surface area contributed by atoms with Gasteiger partial charge in [0.05, 0.1) is 17.1 Å². The molecule has 6 rings (SSSR count). The topological polar surface area (TPSA) is 96.6 Å². The summed E-state index contributed by atoms with van der Waals surface area (Å²) in [4.78, 5) is 8.93. The molecule has 1 N–H and O–H groups in total. The standard InChI is InChI=1S/C28H18N6OS/c1-17-16-36-28(31-17)26-21-4-2-3-5-22(21)27(34-33-26)32-19-7-9-20(10-8-19)35-25-12-13-30-24-14-18(15-29)6-11-23(24)25/h2-14,16H,1H3,(H,32,34). The third kappa shape index (κ3) is 4.08. The highest BCUT2D eigenvalue weighted by atomic mass is 32.1. The lowest BCUT2D eigenvalue weighted by atomic mass is 10.1. The van der Waals surface area contributed by atoms with Crippen molar-refractivity contribution in [1.29, 1.82) is 5.26 Å². The summed E-state index contributed by atoms with van der Waals surface area (Å²) in [7, 11) is 0. The Morgan fingerprint density at radius 2 is 1.75 bits per heavy atom. The molecule has 0 unspecified atom stereocenters. The number of fused-ring (bicyclic) bond motifs is 2. The summed E-state index contributed by atoms with van der Waals surface area (Å²) in [6, 6.07) is 25.0. The fourth-order valence-corrected chi connectivity index (χ4v) is 4.76. The second-order valence-corrected chi connectivity index (χ2v) is 9.00. The van der Waals surface area contributed by atoms with E-state index in [4.69, 9.17) is 10.00 Å². The van der Waals surface area contributed by atoms with Crippen LogP contribution in [0.5, 0.6) is 11.5 Å². The van der Waals surface area contributed by atoms with Crippen LogP contribution in [0, 0.1) is 18.3 Å². The van der Waals surface area contributed by atoms with Crippen LogP contribution < -0.4 is 10.1 Å². The maximum absolute atomic E-state index is 9.13. The van der Waals surface area contributed by atoms with Gasteiger partial charge >= 0.3 is 0 Å². The number of hydrogen-bond acceptors (Lipinski definition) is 8. The second-order valence-electron chi connectivity index (χ2n) is 8.14. The second kappa shape index (κ2) is 9.06. The van der Waals surface area contributed by atoms with Crippen LogP contribution >= 0.6 is 11.3 Å². The molecule has 8 heteroatoms. The minimum Gasteiger partial charge on any atom is -0.457 e. The van der Waals surface area contributed by atoms with E-state index in [2.05, 4.69) is 31.6 Å². The van der Waals surface area contributed by atoms with Gasteiger partial charge in [-0.15, -0.1) is 21.5 Å². The van der Waals surface area contributed by atoms with Crippen molar-refractivity contribution in [2.24, 2.45) is 0 Å². The van der Waals surface area contributed by atoms with E-state index >= 15 is 0 Å². The van der Waals surface area contributed by atoms with E-state index in [0.29, 0.717) is 28.4 Å². The number of ether oxygens (including phenoxy) is 1. The predicted molar refractivity (Wildman–Crippen MR) is 142 cm³/mol. The van der Waals surface area contributed by atoms with Crippen LogP contribution in [-0.2, 0) is 0 Å². The molecule has 0 bridgehead atoms. The molecule has 0 atom stereocenters. The van der Waals surface area contributed by atoms with Crippen molar-refractivity contribution in [3.8, 4) is 28.3 Å². The number of pyridine rings is 1. The molecule has 172 valence electrons. The Bertz CT molecular complexity index is 1770. The number of rotatable bonds is 5. The van der Waals surface area contributed by atoms with E-state index in [-0.39, 0.29) is 0 Å². The van der Waals surface area contributed by atoms with Crippen molar-refractivity contribution in [1.82, 2.24) is 20.2 Å². The highest BCUT2D eigenvalue weighted by Gasteiger charge is 2.14. The quantitative estimate of drug-likeness (QED) is 0.280. The van der Waals surface area contributed by atoms with Crippen LogP contribution in [0.15, 0.2) is 84.4 Å². The monoisotopic (exact) mass is 486 g/mol. The number of aryl methyl sites for hydroxylation is 1. The van der Waals surface area contributed by atoms with Gasteiger partial charge in [0.15, 0.2) is 5.82 Å². The molecule has 7 nitrogen and oxygen atoms in total. The normalized spacial score (nSPS) is 10.9. The van der Waals surface area contributed by atoms with Crippen molar-refractivity contribution in [2.45, 2.75) is 6.92 Å². The molecule has 0 saturated carbocycles. The maximum Gasteiger partial charge on any atom is 0.161 e. The van der Waals surface area contributed by atoms with Crippen molar-refractivity contribution in [2.75, 3.05) is 5.32 Å². The smallest absolute Gasteiger partial charge is 0.161 e. The van der Waals surface area contributed by atoms with E-state index in [9.17, 15) is 0 Å². The van der Waals surface area contributed by atoms with Gasteiger partial charge in [0, 0.05) is 39.1 Å². The van der Waals surface area contributed by atoms with E-state index in [0.717, 1.165) is 38.2 Å². The summed E-state index contributed by atoms with van der Waals surface area (Å²) in [6.45, 7) is 1.97. The molecule has 0 saturated heterocycles. The zero-order chi connectivity index (χ0) is 24.5. The van der Waals surface area contributed by atoms with Gasteiger partial charge in [-0.1, -0.05) is 24.3 Å². The van der Waals surface area contributed by atoms with Gasteiger partial charge in [0.1, 0.15) is 22.2 Å². The summed E-state index contributed by atoms with van der Waals surface area (Å²) in [5.74, 6) is 2.03. The van der Waals surface area contributed by atoms with E-state index in [1.165, 1.54) is 0 Å². The van der Waals surface area contributed by atoms with Gasteiger partial charge in [0.25, 0.3) is 0 Å². The fraction of sp³-hybridized carbons (Fsp3) is 0.0357. The molecule has 0 fully saturated rings. The zero-order valence-electron chi connectivity index (χ0n) is 19.1. The fourth-order valence-electron chi connectivity index (χ4n) is 3.97. The number of anilines is 2. The molecule has 3 heterocycles. The SMILES string of the molecule is Cc1csc(-c2nnc(Nc3ccc(Oc4ccnc5cc(C#N)ccc45)cc3)c3ccccc23)n1. The van der Waals surface area contributed by atoms with Gasteiger partial charge in [-0.05, 0) is 55.5 Å². The molecule has 6 aromatic rings. The number of hydrogen-bond donors (Lipinski definition) is 1. The molecule has 36 heavy (non-hydrogen) atoms. The third-order valence-electron chi connectivity index (χ3n) is 5.69. The lowest BCUT2D eigenvalue weighted by Crippen LogP contribution is -1.99. The first-order valence-electron chi connectivity index (χ1n) is 11.2. The average Bonchev–Trinajstić information content (AvgIpc) is 3.35. The molecule has 0 amide bonds.